The van der Waals surface area contributed by atoms with E-state index in [0.29, 0.717) is 12.8 Å². The molecule has 1 rings (SSSR count). The Balaban J connectivity index is 2.57. The minimum absolute atomic E-state index is 0.183. The van der Waals surface area contributed by atoms with Crippen molar-refractivity contribution in [3.8, 4) is 0 Å². The molecule has 0 aliphatic rings. The molecule has 0 amide bonds. The summed E-state index contributed by atoms with van der Waals surface area (Å²) in [6, 6.07) is 3.66. The van der Waals surface area contributed by atoms with E-state index in [1.54, 1.807) is 6.20 Å². The maximum atomic E-state index is 11.0. The van der Waals surface area contributed by atoms with E-state index in [1.807, 2.05) is 31.1 Å². The molecule has 0 aromatic carbocycles. The van der Waals surface area contributed by atoms with Gasteiger partial charge in [-0.2, -0.15) is 0 Å². The SMILES string of the molecule is COC(=O)CCC(N)c1ccc(N(C)C)nc1. The van der Waals surface area contributed by atoms with Crippen LogP contribution >= 0.6 is 0 Å². The monoisotopic (exact) mass is 237 g/mol. The number of methoxy groups -OCH3 is 1. The van der Waals surface area contributed by atoms with E-state index in [2.05, 4.69) is 9.72 Å². The third kappa shape index (κ3) is 4.03. The van der Waals surface area contributed by atoms with Crippen LogP contribution in [0, 0.1) is 0 Å². The summed E-state index contributed by atoms with van der Waals surface area (Å²) >= 11 is 0. The summed E-state index contributed by atoms with van der Waals surface area (Å²) in [5.41, 5.74) is 6.89. The molecule has 5 nitrogen and oxygen atoms in total. The Morgan fingerprint density at radius 1 is 1.53 bits per heavy atom. The van der Waals surface area contributed by atoms with Gasteiger partial charge in [0.05, 0.1) is 7.11 Å². The highest BCUT2D eigenvalue weighted by atomic mass is 16.5. The Hall–Kier alpha value is -1.62. The Morgan fingerprint density at radius 3 is 2.71 bits per heavy atom. The van der Waals surface area contributed by atoms with Crippen molar-refractivity contribution in [1.29, 1.82) is 0 Å². The van der Waals surface area contributed by atoms with Crippen molar-refractivity contribution in [1.82, 2.24) is 4.98 Å². The predicted octanol–water partition coefficient (Wildman–Crippen LogP) is 1.10. The zero-order valence-corrected chi connectivity index (χ0v) is 10.5. The fourth-order valence-corrected chi connectivity index (χ4v) is 1.42. The second kappa shape index (κ2) is 6.20. The maximum absolute atomic E-state index is 11.0. The van der Waals surface area contributed by atoms with Gasteiger partial charge in [-0.3, -0.25) is 4.79 Å². The molecule has 0 radical (unpaired) electrons. The Bertz CT molecular complexity index is 363. The molecule has 0 aliphatic heterocycles. The van der Waals surface area contributed by atoms with Gasteiger partial charge in [-0.05, 0) is 18.1 Å². The summed E-state index contributed by atoms with van der Waals surface area (Å²) in [6.45, 7) is 0. The number of carbonyl (C=O) groups is 1. The highest BCUT2D eigenvalue weighted by molar-refractivity contribution is 5.69. The quantitative estimate of drug-likeness (QED) is 0.777. The van der Waals surface area contributed by atoms with Crippen LogP contribution in [0.3, 0.4) is 0 Å². The first-order chi connectivity index (χ1) is 8.04. The lowest BCUT2D eigenvalue weighted by atomic mass is 10.1. The fraction of sp³-hybridized carbons (Fsp3) is 0.500. The minimum atomic E-state index is -0.238. The van der Waals surface area contributed by atoms with Gasteiger partial charge in [-0.25, -0.2) is 4.98 Å². The number of ether oxygens (including phenoxy) is 1. The van der Waals surface area contributed by atoms with Gasteiger partial charge in [0, 0.05) is 32.8 Å². The van der Waals surface area contributed by atoms with E-state index >= 15 is 0 Å². The molecular weight excluding hydrogens is 218 g/mol. The van der Waals surface area contributed by atoms with Crippen LogP contribution in [0.2, 0.25) is 0 Å². The van der Waals surface area contributed by atoms with Gasteiger partial charge >= 0.3 is 5.97 Å². The van der Waals surface area contributed by atoms with Crippen LogP contribution in [0.25, 0.3) is 0 Å². The van der Waals surface area contributed by atoms with Crippen molar-refractivity contribution >= 4 is 11.8 Å². The number of pyridine rings is 1. The van der Waals surface area contributed by atoms with Crippen LogP contribution in [0.4, 0.5) is 5.82 Å². The first-order valence-corrected chi connectivity index (χ1v) is 5.50. The lowest BCUT2D eigenvalue weighted by molar-refractivity contribution is -0.140. The highest BCUT2D eigenvalue weighted by Gasteiger charge is 2.10. The number of hydrogen-bond acceptors (Lipinski definition) is 5. The summed E-state index contributed by atoms with van der Waals surface area (Å²) in [5.74, 6) is 0.646. The molecule has 5 heteroatoms. The van der Waals surface area contributed by atoms with Crippen molar-refractivity contribution in [3.63, 3.8) is 0 Å². The van der Waals surface area contributed by atoms with E-state index in [-0.39, 0.29) is 12.0 Å². The van der Waals surface area contributed by atoms with Crippen LogP contribution in [0.5, 0.6) is 0 Å². The molecule has 1 heterocycles. The molecule has 2 N–H and O–H groups in total. The normalized spacial score (nSPS) is 12.0. The number of esters is 1. The third-order valence-electron chi connectivity index (χ3n) is 2.54. The molecule has 17 heavy (non-hydrogen) atoms. The van der Waals surface area contributed by atoms with Crippen molar-refractivity contribution in [2.45, 2.75) is 18.9 Å². The van der Waals surface area contributed by atoms with Gasteiger partial charge in [-0.1, -0.05) is 6.07 Å². The molecule has 0 aliphatic carbocycles. The van der Waals surface area contributed by atoms with Gasteiger partial charge in [0.2, 0.25) is 0 Å². The first-order valence-electron chi connectivity index (χ1n) is 5.50. The third-order valence-corrected chi connectivity index (χ3v) is 2.54. The summed E-state index contributed by atoms with van der Waals surface area (Å²) in [6.07, 6.45) is 2.64. The number of aromatic nitrogens is 1. The van der Waals surface area contributed by atoms with Crippen molar-refractivity contribution in [2.24, 2.45) is 5.73 Å². The summed E-state index contributed by atoms with van der Waals surface area (Å²) in [5, 5.41) is 0. The van der Waals surface area contributed by atoms with E-state index in [4.69, 9.17) is 5.73 Å². The number of rotatable bonds is 5. The van der Waals surface area contributed by atoms with E-state index in [9.17, 15) is 4.79 Å². The lowest BCUT2D eigenvalue weighted by Crippen LogP contribution is -2.15. The molecule has 0 fully saturated rings. The van der Waals surface area contributed by atoms with E-state index in [0.717, 1.165) is 11.4 Å². The second-order valence-corrected chi connectivity index (χ2v) is 4.07. The first kappa shape index (κ1) is 13.4. The average molecular weight is 237 g/mol. The van der Waals surface area contributed by atoms with Crippen LogP contribution in [0.15, 0.2) is 18.3 Å². The summed E-state index contributed by atoms with van der Waals surface area (Å²) < 4.78 is 4.57. The predicted molar refractivity (Wildman–Crippen MR) is 66.7 cm³/mol. The fourth-order valence-electron chi connectivity index (χ4n) is 1.42. The Morgan fingerprint density at radius 2 is 2.24 bits per heavy atom. The second-order valence-electron chi connectivity index (χ2n) is 4.07. The smallest absolute Gasteiger partial charge is 0.305 e. The van der Waals surface area contributed by atoms with Crippen LogP contribution < -0.4 is 10.6 Å². The average Bonchev–Trinajstić information content (AvgIpc) is 2.35. The molecule has 0 spiro atoms. The van der Waals surface area contributed by atoms with E-state index < -0.39 is 0 Å². The Kier molecular flexibility index (Phi) is 4.90. The number of nitrogens with zero attached hydrogens (tertiary/aromatic N) is 2. The van der Waals surface area contributed by atoms with E-state index in [1.165, 1.54) is 7.11 Å². The van der Waals surface area contributed by atoms with Gasteiger partial charge in [0.15, 0.2) is 0 Å². The van der Waals surface area contributed by atoms with Gasteiger partial charge < -0.3 is 15.4 Å². The number of anilines is 1. The molecule has 0 bridgehead atoms. The molecule has 0 saturated carbocycles. The highest BCUT2D eigenvalue weighted by Crippen LogP contribution is 2.17. The van der Waals surface area contributed by atoms with Crippen molar-refractivity contribution in [3.05, 3.63) is 23.9 Å². The number of carbonyl (C=O) groups excluding carboxylic acids is 1. The van der Waals surface area contributed by atoms with Crippen LogP contribution in [-0.4, -0.2) is 32.2 Å². The number of nitrogens with two attached hydrogens (primary N) is 1. The minimum Gasteiger partial charge on any atom is -0.469 e. The molecule has 1 aromatic heterocycles. The van der Waals surface area contributed by atoms with Crippen LogP contribution in [-0.2, 0) is 9.53 Å². The van der Waals surface area contributed by atoms with Gasteiger partial charge in [0.25, 0.3) is 0 Å². The summed E-state index contributed by atoms with van der Waals surface area (Å²) in [4.78, 5) is 17.2. The number of hydrogen-bond donors (Lipinski definition) is 1. The lowest BCUT2D eigenvalue weighted by Gasteiger charge is -2.14. The molecule has 1 atom stereocenters. The zero-order chi connectivity index (χ0) is 12.8. The summed E-state index contributed by atoms with van der Waals surface area (Å²) in [7, 11) is 5.24. The maximum Gasteiger partial charge on any atom is 0.305 e. The largest absolute Gasteiger partial charge is 0.469 e. The zero-order valence-electron chi connectivity index (χ0n) is 10.5. The Labute approximate surface area is 102 Å². The molecule has 1 aromatic rings. The van der Waals surface area contributed by atoms with Crippen LogP contribution in [0.1, 0.15) is 24.4 Å². The van der Waals surface area contributed by atoms with Crippen molar-refractivity contribution in [2.75, 3.05) is 26.1 Å². The topological polar surface area (TPSA) is 68.5 Å². The standard InChI is InChI=1S/C12H19N3O2/c1-15(2)11-6-4-9(8-14-11)10(13)5-7-12(16)17-3/h4,6,8,10H,5,7,13H2,1-3H3. The van der Waals surface area contributed by atoms with Gasteiger partial charge in [-0.15, -0.1) is 0 Å². The molecule has 0 saturated heterocycles. The molecule has 94 valence electrons. The molecule has 1 unspecified atom stereocenters. The van der Waals surface area contributed by atoms with Crippen molar-refractivity contribution < 1.29 is 9.53 Å². The van der Waals surface area contributed by atoms with Gasteiger partial charge in [0.1, 0.15) is 5.82 Å². The molecular formula is C12H19N3O2.